The van der Waals surface area contributed by atoms with Crippen LogP contribution in [-0.4, -0.2) is 16.8 Å². The van der Waals surface area contributed by atoms with E-state index in [4.69, 9.17) is 0 Å². The van der Waals surface area contributed by atoms with Gasteiger partial charge in [0.25, 0.3) is 5.56 Å². The number of fused-ring (bicyclic) bond motifs is 1. The Hall–Kier alpha value is -2.10. The fourth-order valence-electron chi connectivity index (χ4n) is 2.24. The van der Waals surface area contributed by atoms with Crippen molar-refractivity contribution in [3.63, 3.8) is 0 Å². The first kappa shape index (κ1) is 13.3. The van der Waals surface area contributed by atoms with Crippen molar-refractivity contribution in [3.05, 3.63) is 39.7 Å². The van der Waals surface area contributed by atoms with Gasteiger partial charge in [0.1, 0.15) is 5.56 Å². The molecule has 0 unspecified atom stereocenters. The molecule has 0 aliphatic rings. The molecule has 0 amide bonds. The van der Waals surface area contributed by atoms with Crippen LogP contribution in [0.1, 0.15) is 36.7 Å². The highest BCUT2D eigenvalue weighted by Crippen LogP contribution is 2.26. The molecule has 4 nitrogen and oxygen atoms in total. The highest BCUT2D eigenvalue weighted by Gasteiger charge is 2.17. The number of carbonyl (C=O) groups is 1. The van der Waals surface area contributed by atoms with Crippen molar-refractivity contribution < 1.29 is 4.79 Å². The summed E-state index contributed by atoms with van der Waals surface area (Å²) >= 11 is 0. The molecular formula is C15H18N2O2. The summed E-state index contributed by atoms with van der Waals surface area (Å²) in [4.78, 5) is 26.7. The second-order valence-electron chi connectivity index (χ2n) is 5.06. The number of hydrogen-bond acceptors (Lipinski definition) is 3. The number of pyridine rings is 1. The molecule has 1 aromatic heterocycles. The molecule has 0 atom stereocenters. The Labute approximate surface area is 111 Å². The molecule has 19 heavy (non-hydrogen) atoms. The summed E-state index contributed by atoms with van der Waals surface area (Å²) in [5, 5.41) is 4.10. The molecule has 100 valence electrons. The van der Waals surface area contributed by atoms with Gasteiger partial charge in [0.2, 0.25) is 0 Å². The van der Waals surface area contributed by atoms with Crippen LogP contribution in [0.4, 0.5) is 5.69 Å². The minimum absolute atomic E-state index is 0.142. The predicted octanol–water partition coefficient (Wildman–Crippen LogP) is 2.86. The topological polar surface area (TPSA) is 62.0 Å². The fraction of sp³-hybridized carbons (Fsp3) is 0.333. The van der Waals surface area contributed by atoms with E-state index in [1.165, 1.54) is 6.92 Å². The van der Waals surface area contributed by atoms with Crippen LogP contribution in [-0.2, 0) is 0 Å². The van der Waals surface area contributed by atoms with Gasteiger partial charge in [-0.05, 0) is 33.3 Å². The van der Waals surface area contributed by atoms with Gasteiger partial charge < -0.3 is 10.3 Å². The van der Waals surface area contributed by atoms with Crippen LogP contribution >= 0.6 is 0 Å². The number of aryl methyl sites for hydroxylation is 1. The minimum Gasteiger partial charge on any atom is -0.382 e. The molecule has 0 aliphatic heterocycles. The molecule has 2 aromatic rings. The standard InChI is InChI=1S/C15H18N2O2/c1-8(2)16-14-11-7-5-6-9(3)13(11)17-15(19)12(14)10(4)18/h5-8H,1-4H3,(H2,16,17,19). The maximum atomic E-state index is 12.1. The summed E-state index contributed by atoms with van der Waals surface area (Å²) in [6.07, 6.45) is 0. The number of para-hydroxylation sites is 1. The van der Waals surface area contributed by atoms with Crippen molar-refractivity contribution in [2.45, 2.75) is 33.7 Å². The molecule has 0 saturated heterocycles. The second kappa shape index (κ2) is 4.88. The van der Waals surface area contributed by atoms with Gasteiger partial charge in [0.15, 0.2) is 5.78 Å². The maximum Gasteiger partial charge on any atom is 0.261 e. The van der Waals surface area contributed by atoms with Crippen LogP contribution in [0.25, 0.3) is 10.9 Å². The summed E-state index contributed by atoms with van der Waals surface area (Å²) in [5.41, 5.74) is 2.26. The molecule has 2 rings (SSSR count). The van der Waals surface area contributed by atoms with Crippen molar-refractivity contribution >= 4 is 22.4 Å². The lowest BCUT2D eigenvalue weighted by Gasteiger charge is -2.16. The smallest absolute Gasteiger partial charge is 0.261 e. The number of anilines is 1. The van der Waals surface area contributed by atoms with E-state index in [1.807, 2.05) is 39.0 Å². The number of aromatic amines is 1. The number of nitrogens with one attached hydrogen (secondary N) is 2. The molecular weight excluding hydrogens is 240 g/mol. The number of aromatic nitrogens is 1. The fourth-order valence-corrected chi connectivity index (χ4v) is 2.24. The van der Waals surface area contributed by atoms with Crippen LogP contribution in [0.2, 0.25) is 0 Å². The molecule has 2 N–H and O–H groups in total. The summed E-state index contributed by atoms with van der Waals surface area (Å²) in [6.45, 7) is 7.31. The van der Waals surface area contributed by atoms with E-state index >= 15 is 0 Å². The van der Waals surface area contributed by atoms with Crippen molar-refractivity contribution in [3.8, 4) is 0 Å². The van der Waals surface area contributed by atoms with E-state index in [-0.39, 0.29) is 22.9 Å². The third-order valence-electron chi connectivity index (χ3n) is 3.04. The van der Waals surface area contributed by atoms with Crippen LogP contribution in [0.3, 0.4) is 0 Å². The Bertz CT molecular complexity index is 699. The monoisotopic (exact) mass is 258 g/mol. The summed E-state index contributed by atoms with van der Waals surface area (Å²) in [6, 6.07) is 5.91. The lowest BCUT2D eigenvalue weighted by Crippen LogP contribution is -2.22. The molecule has 0 radical (unpaired) electrons. The van der Waals surface area contributed by atoms with Gasteiger partial charge in [-0.2, -0.15) is 0 Å². The maximum absolute atomic E-state index is 12.1. The third kappa shape index (κ3) is 2.38. The van der Waals surface area contributed by atoms with Gasteiger partial charge in [-0.3, -0.25) is 9.59 Å². The molecule has 0 fully saturated rings. The molecule has 1 aromatic carbocycles. The lowest BCUT2D eigenvalue weighted by molar-refractivity contribution is 0.101. The molecule has 1 heterocycles. The van der Waals surface area contributed by atoms with Crippen LogP contribution in [0, 0.1) is 6.92 Å². The number of H-pyrrole nitrogens is 1. The Morgan fingerprint density at radius 3 is 2.58 bits per heavy atom. The largest absolute Gasteiger partial charge is 0.382 e. The number of rotatable bonds is 3. The Kier molecular flexibility index (Phi) is 3.42. The molecule has 0 bridgehead atoms. The summed E-state index contributed by atoms with van der Waals surface area (Å²) < 4.78 is 0. The normalized spacial score (nSPS) is 11.0. The van der Waals surface area contributed by atoms with Gasteiger partial charge in [-0.15, -0.1) is 0 Å². The number of Topliss-reactive ketones (excluding diaryl/α,β-unsaturated/α-hetero) is 1. The number of ketones is 1. The van der Waals surface area contributed by atoms with Crippen molar-refractivity contribution in [1.82, 2.24) is 4.98 Å². The summed E-state index contributed by atoms with van der Waals surface area (Å²) in [7, 11) is 0. The van der Waals surface area contributed by atoms with Crippen LogP contribution < -0.4 is 10.9 Å². The van der Waals surface area contributed by atoms with Gasteiger partial charge in [-0.25, -0.2) is 0 Å². The van der Waals surface area contributed by atoms with E-state index < -0.39 is 0 Å². The highest BCUT2D eigenvalue weighted by atomic mass is 16.1. The average Bonchev–Trinajstić information content (AvgIpc) is 2.29. The third-order valence-corrected chi connectivity index (χ3v) is 3.04. The van der Waals surface area contributed by atoms with Gasteiger partial charge in [-0.1, -0.05) is 18.2 Å². The molecule has 4 heteroatoms. The number of benzene rings is 1. The van der Waals surface area contributed by atoms with E-state index in [0.717, 1.165) is 16.5 Å². The van der Waals surface area contributed by atoms with Crippen LogP contribution in [0.15, 0.2) is 23.0 Å². The Morgan fingerprint density at radius 1 is 1.32 bits per heavy atom. The number of hydrogen-bond donors (Lipinski definition) is 2. The van der Waals surface area contributed by atoms with Crippen LogP contribution in [0.5, 0.6) is 0 Å². The second-order valence-corrected chi connectivity index (χ2v) is 5.06. The highest BCUT2D eigenvalue weighted by molar-refractivity contribution is 6.07. The average molecular weight is 258 g/mol. The zero-order chi connectivity index (χ0) is 14.2. The Morgan fingerprint density at radius 2 is 2.00 bits per heavy atom. The van der Waals surface area contributed by atoms with E-state index in [1.54, 1.807) is 0 Å². The first-order valence-corrected chi connectivity index (χ1v) is 6.35. The molecule has 0 spiro atoms. The Balaban J connectivity index is 2.91. The minimum atomic E-state index is -0.336. The zero-order valence-corrected chi connectivity index (χ0v) is 11.6. The zero-order valence-electron chi connectivity index (χ0n) is 11.6. The van der Waals surface area contributed by atoms with Crippen molar-refractivity contribution in [1.29, 1.82) is 0 Å². The van der Waals surface area contributed by atoms with E-state index in [2.05, 4.69) is 10.3 Å². The molecule has 0 saturated carbocycles. The molecule has 0 aliphatic carbocycles. The first-order chi connectivity index (χ1) is 8.91. The van der Waals surface area contributed by atoms with Crippen molar-refractivity contribution in [2.75, 3.05) is 5.32 Å². The van der Waals surface area contributed by atoms with E-state index in [9.17, 15) is 9.59 Å². The first-order valence-electron chi connectivity index (χ1n) is 6.35. The SMILES string of the molecule is CC(=O)c1c(NC(C)C)c2cccc(C)c2[nH]c1=O. The summed E-state index contributed by atoms with van der Waals surface area (Å²) in [5.74, 6) is -0.229. The van der Waals surface area contributed by atoms with E-state index in [0.29, 0.717) is 5.69 Å². The van der Waals surface area contributed by atoms with Gasteiger partial charge in [0, 0.05) is 11.4 Å². The van der Waals surface area contributed by atoms with Gasteiger partial charge >= 0.3 is 0 Å². The van der Waals surface area contributed by atoms with Gasteiger partial charge in [0.05, 0.1) is 11.2 Å². The number of carbonyl (C=O) groups excluding carboxylic acids is 1. The van der Waals surface area contributed by atoms with Crippen molar-refractivity contribution in [2.24, 2.45) is 0 Å². The quantitative estimate of drug-likeness (QED) is 0.832. The lowest BCUT2D eigenvalue weighted by atomic mass is 10.0. The predicted molar refractivity (Wildman–Crippen MR) is 78.1 cm³/mol.